The number of likely N-dealkylation sites (tertiary alicyclic amines) is 1. The number of nitrogens with zero attached hydrogens (tertiary/aromatic N) is 2. The van der Waals surface area contributed by atoms with Crippen molar-refractivity contribution < 1.29 is 55.0 Å². The number of fused-ring (bicyclic) bond motifs is 1. The first kappa shape index (κ1) is 35.5. The lowest BCUT2D eigenvalue weighted by molar-refractivity contribution is -0.953. The number of methoxy groups -OCH3 is 2. The van der Waals surface area contributed by atoms with Gasteiger partial charge in [0.05, 0.1) is 48.1 Å². The molecule has 0 spiro atoms. The van der Waals surface area contributed by atoms with Gasteiger partial charge >= 0.3 is 12.3 Å². The van der Waals surface area contributed by atoms with Crippen molar-refractivity contribution in [2.24, 2.45) is 0 Å². The molecular weight excluding hydrogens is 702 g/mol. The van der Waals surface area contributed by atoms with Gasteiger partial charge in [-0.1, -0.05) is 34.8 Å². The number of benzene rings is 3. The molecule has 3 aromatic carbocycles. The molecule has 5 rings (SSSR count). The number of hydrogen-bond acceptors (Lipinski definition) is 8. The molecule has 2 heterocycles. The number of ether oxygens (including phenoxy) is 3. The molecular formula is C31H31Cl2F3N3O8S+. The van der Waals surface area contributed by atoms with Crippen molar-refractivity contribution >= 4 is 50.7 Å². The number of aryl methyl sites for hydroxylation is 1. The first-order chi connectivity index (χ1) is 22.4. The Balaban J connectivity index is 1.95. The molecule has 0 aliphatic carbocycles. The van der Waals surface area contributed by atoms with Crippen LogP contribution in [0, 0.1) is 6.92 Å². The molecule has 4 atom stereocenters. The van der Waals surface area contributed by atoms with Gasteiger partial charge in [-0.3, -0.25) is 14.1 Å². The normalized spacial score (nSPS) is 24.0. The highest BCUT2D eigenvalue weighted by Crippen LogP contribution is 2.60. The van der Waals surface area contributed by atoms with E-state index in [9.17, 15) is 31.5 Å². The Labute approximate surface area is 284 Å². The van der Waals surface area contributed by atoms with E-state index in [1.165, 1.54) is 33.3 Å². The monoisotopic (exact) mass is 732 g/mol. The fraction of sp³-hybridized carbons (Fsp3) is 0.355. The van der Waals surface area contributed by atoms with Crippen LogP contribution < -0.4 is 23.8 Å². The van der Waals surface area contributed by atoms with Crippen LogP contribution in [0.15, 0.2) is 53.4 Å². The van der Waals surface area contributed by atoms with Crippen LogP contribution in [0.2, 0.25) is 10.0 Å². The van der Waals surface area contributed by atoms with Crippen molar-refractivity contribution in [3.63, 3.8) is 0 Å². The summed E-state index contributed by atoms with van der Waals surface area (Å²) in [6, 6.07) is 8.68. The molecule has 2 N–H and O–H groups in total. The second kappa shape index (κ2) is 12.3. The van der Waals surface area contributed by atoms with Crippen LogP contribution in [0.4, 0.5) is 18.9 Å². The molecule has 48 heavy (non-hydrogen) atoms. The number of quaternary nitrogens is 1. The number of nitrogens with one attached hydrogen (secondary N) is 1. The Hall–Kier alpha value is -3.76. The number of amides is 2. The van der Waals surface area contributed by atoms with Crippen LogP contribution in [0.1, 0.15) is 23.1 Å². The van der Waals surface area contributed by atoms with E-state index in [1.807, 2.05) is 0 Å². The molecule has 3 aromatic rings. The first-order valence-electron chi connectivity index (χ1n) is 14.3. The summed E-state index contributed by atoms with van der Waals surface area (Å²) in [7, 11) is 0.0582. The zero-order valence-corrected chi connectivity index (χ0v) is 28.5. The minimum atomic E-state index is -5.33. The molecule has 1 fully saturated rings. The lowest BCUT2D eigenvalue weighted by Gasteiger charge is -2.49. The summed E-state index contributed by atoms with van der Waals surface area (Å²) in [4.78, 5) is 28.0. The predicted molar refractivity (Wildman–Crippen MR) is 169 cm³/mol. The highest BCUT2D eigenvalue weighted by Gasteiger charge is 2.73. The number of alkyl halides is 3. The highest BCUT2D eigenvalue weighted by molar-refractivity contribution is 7.93. The molecule has 0 saturated carbocycles. The van der Waals surface area contributed by atoms with Crippen molar-refractivity contribution in [2.75, 3.05) is 39.2 Å². The maximum absolute atomic E-state index is 15.5. The lowest BCUT2D eigenvalue weighted by Crippen LogP contribution is -2.69. The van der Waals surface area contributed by atoms with Crippen LogP contribution in [0.25, 0.3) is 0 Å². The molecule has 2 aliphatic heterocycles. The number of aliphatic hydroxyl groups excluding tert-OH is 1. The van der Waals surface area contributed by atoms with Crippen molar-refractivity contribution in [1.29, 1.82) is 0 Å². The summed E-state index contributed by atoms with van der Waals surface area (Å²) in [5, 5.41) is 13.3. The van der Waals surface area contributed by atoms with Gasteiger partial charge in [-0.15, -0.1) is 13.2 Å². The topological polar surface area (TPSA) is 131 Å². The lowest BCUT2D eigenvalue weighted by atomic mass is 9.78. The summed E-state index contributed by atoms with van der Waals surface area (Å²) >= 11 is 13.5. The number of sulfonamides is 1. The van der Waals surface area contributed by atoms with Crippen LogP contribution in [-0.4, -0.2) is 83.2 Å². The molecule has 17 heteroatoms. The molecule has 2 unspecified atom stereocenters. The number of carbonyl (C=O) groups is 2. The zero-order valence-electron chi connectivity index (χ0n) is 26.2. The van der Waals surface area contributed by atoms with E-state index in [-0.39, 0.29) is 51.3 Å². The maximum Gasteiger partial charge on any atom is 0.573 e. The second-order valence-corrected chi connectivity index (χ2v) is 14.1. The molecule has 258 valence electrons. The predicted octanol–water partition coefficient (Wildman–Crippen LogP) is 4.52. The molecule has 1 saturated heterocycles. The van der Waals surface area contributed by atoms with Crippen LogP contribution >= 0.6 is 23.2 Å². The van der Waals surface area contributed by atoms with Crippen molar-refractivity contribution in [1.82, 2.24) is 5.32 Å². The quantitative estimate of drug-likeness (QED) is 0.324. The van der Waals surface area contributed by atoms with Crippen molar-refractivity contribution in [3.8, 4) is 17.2 Å². The summed E-state index contributed by atoms with van der Waals surface area (Å²) in [5.41, 5.74) is -2.12. The third-order valence-electron chi connectivity index (χ3n) is 8.88. The van der Waals surface area contributed by atoms with E-state index < -0.39 is 61.0 Å². The second-order valence-electron chi connectivity index (χ2n) is 11.6. The van der Waals surface area contributed by atoms with Gasteiger partial charge in [0.1, 0.15) is 29.0 Å². The van der Waals surface area contributed by atoms with E-state index in [0.717, 1.165) is 25.3 Å². The van der Waals surface area contributed by atoms with Crippen molar-refractivity contribution in [2.45, 2.75) is 42.3 Å². The standard InChI is InChI=1S/C31H30Cl2F3N3O8S/c1-16-6-10-23(46-5)19(12-16)30(39(3)15-17(40)13-22(39)28(41)37-2)26-21(9-8-20(32)27(26)33)38(29(30)42)48(43,44)25-11-7-18(45-4)14-24(25)47-31(34,35)36/h6-12,14,17,22,40H,13,15H2,1-5H3/p+1/t17-,22+,30?,39?/m1/s1. The van der Waals surface area contributed by atoms with E-state index in [4.69, 9.17) is 32.7 Å². The van der Waals surface area contributed by atoms with Crippen molar-refractivity contribution in [3.05, 3.63) is 75.3 Å². The third kappa shape index (κ3) is 5.32. The molecule has 11 nitrogen and oxygen atoms in total. The van der Waals surface area contributed by atoms with Gasteiger partial charge in [-0.2, -0.15) is 4.31 Å². The van der Waals surface area contributed by atoms with Gasteiger partial charge < -0.3 is 24.6 Å². The number of halogens is 5. The number of carbonyl (C=O) groups excluding carboxylic acids is 2. The number of likely N-dealkylation sites (N-methyl/N-ethyl adjacent to an activating group) is 2. The summed E-state index contributed by atoms with van der Waals surface area (Å²) in [5.74, 6) is -3.03. The van der Waals surface area contributed by atoms with E-state index in [2.05, 4.69) is 10.1 Å². The van der Waals surface area contributed by atoms with Crippen LogP contribution in [0.3, 0.4) is 0 Å². The average Bonchev–Trinajstić information content (AvgIpc) is 3.48. The van der Waals surface area contributed by atoms with E-state index >= 15 is 4.79 Å². The van der Waals surface area contributed by atoms with Gasteiger partial charge in [0.25, 0.3) is 15.9 Å². The zero-order chi connectivity index (χ0) is 35.6. The Morgan fingerprint density at radius 2 is 1.77 bits per heavy atom. The van der Waals surface area contributed by atoms with Gasteiger partial charge in [-0.25, -0.2) is 8.42 Å². The largest absolute Gasteiger partial charge is 0.573 e. The van der Waals surface area contributed by atoms with Gasteiger partial charge in [-0.05, 0) is 43.3 Å². The van der Waals surface area contributed by atoms with Gasteiger partial charge in [0.15, 0.2) is 11.8 Å². The van der Waals surface area contributed by atoms with E-state index in [0.29, 0.717) is 9.87 Å². The molecule has 0 bridgehead atoms. The average molecular weight is 734 g/mol. The Morgan fingerprint density at radius 1 is 1.08 bits per heavy atom. The number of aliphatic hydroxyl groups is 1. The summed E-state index contributed by atoms with van der Waals surface area (Å²) in [6.07, 6.45) is -6.62. The van der Waals surface area contributed by atoms with Gasteiger partial charge in [0.2, 0.25) is 5.54 Å². The first-order valence-corrected chi connectivity index (χ1v) is 16.5. The van der Waals surface area contributed by atoms with Gasteiger partial charge in [0, 0.05) is 19.5 Å². The fourth-order valence-corrected chi connectivity index (χ4v) is 8.93. The Bertz CT molecular complexity index is 1930. The minimum absolute atomic E-state index is 0.0742. The number of anilines is 1. The fourth-order valence-electron chi connectivity index (χ4n) is 6.92. The van der Waals surface area contributed by atoms with Crippen LogP contribution in [-0.2, 0) is 25.2 Å². The molecule has 0 aromatic heterocycles. The number of hydrogen-bond donors (Lipinski definition) is 2. The maximum atomic E-state index is 15.5. The Kier molecular flexibility index (Phi) is 9.10. The Morgan fingerprint density at radius 3 is 2.38 bits per heavy atom. The molecule has 2 amide bonds. The molecule has 2 aliphatic rings. The minimum Gasteiger partial charge on any atom is -0.497 e. The highest BCUT2D eigenvalue weighted by atomic mass is 35.5. The summed E-state index contributed by atoms with van der Waals surface area (Å²) in [6.45, 7) is 1.44. The van der Waals surface area contributed by atoms with Crippen LogP contribution in [0.5, 0.6) is 17.2 Å². The smallest absolute Gasteiger partial charge is 0.497 e. The SMILES string of the molecule is CNC(=O)[C@@H]1C[C@@H](O)C[N+]1(C)C1(c2cc(C)ccc2OC)C(=O)N(S(=O)(=O)c2ccc(OC)cc2OC(F)(F)F)c2ccc(Cl)c(Cl)c21. The van der Waals surface area contributed by atoms with E-state index in [1.54, 1.807) is 25.1 Å². The summed E-state index contributed by atoms with van der Waals surface area (Å²) < 4.78 is 84.7. The molecule has 0 radical (unpaired) electrons. The third-order valence-corrected chi connectivity index (χ3v) is 11.4. The number of rotatable bonds is 8.